The average Bonchev–Trinajstić information content (AvgIpc) is 2.88. The Morgan fingerprint density at radius 2 is 2.23 bits per heavy atom. The van der Waals surface area contributed by atoms with Crippen LogP contribution in [0.2, 0.25) is 0 Å². The maximum Gasteiger partial charge on any atom is 0.135 e. The highest BCUT2D eigenvalue weighted by Crippen LogP contribution is 2.43. The van der Waals surface area contributed by atoms with Gasteiger partial charge in [-0.15, -0.1) is 0 Å². The number of fused-ring (bicyclic) bond motifs is 1. The van der Waals surface area contributed by atoms with Crippen LogP contribution in [0.1, 0.15) is 50.3 Å². The van der Waals surface area contributed by atoms with Gasteiger partial charge in [-0.05, 0) is 38.5 Å². The number of nitriles is 1. The van der Waals surface area contributed by atoms with Crippen LogP contribution in [0.15, 0.2) is 18.2 Å². The lowest BCUT2D eigenvalue weighted by molar-refractivity contribution is -0.153. The van der Waals surface area contributed by atoms with Crippen molar-refractivity contribution in [3.05, 3.63) is 29.3 Å². The molecule has 1 saturated carbocycles. The van der Waals surface area contributed by atoms with Crippen molar-refractivity contribution >= 4 is 5.78 Å². The summed E-state index contributed by atoms with van der Waals surface area (Å²) in [7, 11) is 0. The van der Waals surface area contributed by atoms with E-state index in [-0.39, 0.29) is 11.9 Å². The molecule has 1 fully saturated rings. The van der Waals surface area contributed by atoms with Gasteiger partial charge in [-0.2, -0.15) is 5.26 Å². The molecule has 0 bridgehead atoms. The third kappa shape index (κ3) is 2.60. The van der Waals surface area contributed by atoms with Crippen molar-refractivity contribution in [2.75, 3.05) is 0 Å². The van der Waals surface area contributed by atoms with E-state index in [1.807, 2.05) is 0 Å². The van der Waals surface area contributed by atoms with Crippen molar-refractivity contribution in [2.45, 2.75) is 57.0 Å². The highest BCUT2D eigenvalue weighted by Gasteiger charge is 2.45. The van der Waals surface area contributed by atoms with E-state index in [1.54, 1.807) is 32.0 Å². The topological polar surface area (TPSA) is 79.5 Å². The fraction of sp³-hybridized carbons (Fsp3) is 0.529. The molecule has 1 N–H and O–H groups in total. The van der Waals surface area contributed by atoms with Crippen LogP contribution in [0.3, 0.4) is 0 Å². The van der Waals surface area contributed by atoms with E-state index in [2.05, 4.69) is 6.07 Å². The van der Waals surface area contributed by atoms with E-state index < -0.39 is 17.8 Å². The van der Waals surface area contributed by atoms with Crippen LogP contribution < -0.4 is 4.74 Å². The van der Waals surface area contributed by atoms with Crippen molar-refractivity contribution in [3.8, 4) is 11.8 Å². The molecule has 116 valence electrons. The number of rotatable bonds is 2. The summed E-state index contributed by atoms with van der Waals surface area (Å²) in [6, 6.07) is 7.19. The van der Waals surface area contributed by atoms with E-state index in [1.165, 1.54) is 0 Å². The van der Waals surface area contributed by atoms with E-state index >= 15 is 0 Å². The van der Waals surface area contributed by atoms with E-state index in [0.717, 1.165) is 0 Å². The summed E-state index contributed by atoms with van der Waals surface area (Å²) in [6.45, 7) is 3.60. The molecular formula is C17H19NO4. The molecule has 3 rings (SSSR count). The number of carbonyl (C=O) groups is 1. The standard InChI is InChI=1S/C17H19NO4/c1-17(2)16(20)15(21-12-5-4-11(19)8-12)13-7-10(9-18)3-6-14(13)22-17/h3,6-7,12,15-16,20H,4-5,8H2,1-2H3/t12?,15-,16+/m1/s1. The molecule has 3 atom stereocenters. The van der Waals surface area contributed by atoms with Crippen molar-refractivity contribution in [3.63, 3.8) is 0 Å². The fourth-order valence-corrected chi connectivity index (χ4v) is 3.06. The lowest BCUT2D eigenvalue weighted by atomic mass is 9.87. The van der Waals surface area contributed by atoms with Crippen LogP contribution in [0.5, 0.6) is 5.75 Å². The second kappa shape index (κ2) is 5.38. The van der Waals surface area contributed by atoms with Gasteiger partial charge in [0.15, 0.2) is 0 Å². The Morgan fingerprint density at radius 3 is 2.86 bits per heavy atom. The SMILES string of the molecule is CC1(C)Oc2ccc(C#N)cc2[C@@H](OC2CCC(=O)C2)[C@@H]1O. The molecule has 1 aromatic rings. The van der Waals surface area contributed by atoms with Crippen LogP contribution in [-0.2, 0) is 9.53 Å². The third-order valence-electron chi connectivity index (χ3n) is 4.36. The maximum atomic E-state index is 11.4. The lowest BCUT2D eigenvalue weighted by Crippen LogP contribution is -2.50. The van der Waals surface area contributed by atoms with Gasteiger partial charge in [0.05, 0.1) is 17.7 Å². The Balaban J connectivity index is 1.96. The van der Waals surface area contributed by atoms with Gasteiger partial charge in [0.1, 0.15) is 29.3 Å². The number of Topliss-reactive ketones (excluding diaryl/α,β-unsaturated/α-hetero) is 1. The minimum atomic E-state index is -0.871. The molecule has 1 aromatic carbocycles. The summed E-state index contributed by atoms with van der Waals surface area (Å²) in [5, 5.41) is 19.7. The fourth-order valence-electron chi connectivity index (χ4n) is 3.06. The van der Waals surface area contributed by atoms with Gasteiger partial charge in [0.25, 0.3) is 0 Å². The van der Waals surface area contributed by atoms with Crippen molar-refractivity contribution < 1.29 is 19.4 Å². The molecule has 1 aliphatic heterocycles. The van der Waals surface area contributed by atoms with Crippen LogP contribution >= 0.6 is 0 Å². The summed E-state index contributed by atoms with van der Waals surface area (Å²) in [6.07, 6.45) is -0.0559. The van der Waals surface area contributed by atoms with Gasteiger partial charge in [0.2, 0.25) is 0 Å². The Labute approximate surface area is 129 Å². The average molecular weight is 301 g/mol. The molecule has 0 spiro atoms. The smallest absolute Gasteiger partial charge is 0.135 e. The van der Waals surface area contributed by atoms with Crippen LogP contribution in [0, 0.1) is 11.3 Å². The third-order valence-corrected chi connectivity index (χ3v) is 4.36. The van der Waals surface area contributed by atoms with Gasteiger partial charge >= 0.3 is 0 Å². The highest BCUT2D eigenvalue weighted by atomic mass is 16.5. The summed E-state index contributed by atoms with van der Waals surface area (Å²) < 4.78 is 11.9. The molecule has 22 heavy (non-hydrogen) atoms. The number of hydrogen-bond donors (Lipinski definition) is 1. The van der Waals surface area contributed by atoms with Crippen molar-refractivity contribution in [1.29, 1.82) is 5.26 Å². The zero-order chi connectivity index (χ0) is 15.9. The van der Waals surface area contributed by atoms with Crippen LogP contribution in [0.25, 0.3) is 0 Å². The Kier molecular flexibility index (Phi) is 3.67. The minimum Gasteiger partial charge on any atom is -0.485 e. The largest absolute Gasteiger partial charge is 0.485 e. The molecule has 1 unspecified atom stereocenters. The predicted molar refractivity (Wildman–Crippen MR) is 78.3 cm³/mol. The molecule has 2 aliphatic rings. The lowest BCUT2D eigenvalue weighted by Gasteiger charge is -2.42. The van der Waals surface area contributed by atoms with Crippen molar-refractivity contribution in [1.82, 2.24) is 0 Å². The number of carbonyl (C=O) groups excluding carboxylic acids is 1. The van der Waals surface area contributed by atoms with Gasteiger partial charge in [-0.25, -0.2) is 0 Å². The molecule has 0 amide bonds. The number of benzene rings is 1. The minimum absolute atomic E-state index is 0.181. The maximum absolute atomic E-state index is 11.4. The molecule has 1 heterocycles. The van der Waals surface area contributed by atoms with E-state index in [4.69, 9.17) is 14.7 Å². The van der Waals surface area contributed by atoms with Gasteiger partial charge in [0, 0.05) is 18.4 Å². The monoisotopic (exact) mass is 301 g/mol. The first-order valence-corrected chi connectivity index (χ1v) is 7.49. The van der Waals surface area contributed by atoms with Gasteiger partial charge < -0.3 is 14.6 Å². The molecular weight excluding hydrogens is 282 g/mol. The zero-order valence-corrected chi connectivity index (χ0v) is 12.7. The van der Waals surface area contributed by atoms with Crippen LogP contribution in [0.4, 0.5) is 0 Å². The second-order valence-corrected chi connectivity index (χ2v) is 6.47. The summed E-state index contributed by atoms with van der Waals surface area (Å²) >= 11 is 0. The van der Waals surface area contributed by atoms with Gasteiger partial charge in [-0.1, -0.05) is 0 Å². The Hall–Kier alpha value is -1.90. The van der Waals surface area contributed by atoms with Crippen LogP contribution in [-0.4, -0.2) is 28.7 Å². The summed E-state index contributed by atoms with van der Waals surface area (Å²) in [5.74, 6) is 0.806. The second-order valence-electron chi connectivity index (χ2n) is 6.47. The Morgan fingerprint density at radius 1 is 1.45 bits per heavy atom. The first kappa shape index (κ1) is 15.0. The summed E-state index contributed by atoms with van der Waals surface area (Å²) in [4.78, 5) is 11.4. The van der Waals surface area contributed by atoms with E-state index in [0.29, 0.717) is 36.1 Å². The quantitative estimate of drug-likeness (QED) is 0.906. The predicted octanol–water partition coefficient (Wildman–Crippen LogP) is 2.27. The number of ether oxygens (including phenoxy) is 2. The van der Waals surface area contributed by atoms with E-state index in [9.17, 15) is 9.90 Å². The molecule has 5 heteroatoms. The number of aliphatic hydroxyl groups excluding tert-OH is 1. The van der Waals surface area contributed by atoms with Crippen molar-refractivity contribution in [2.24, 2.45) is 0 Å². The molecule has 1 aliphatic carbocycles. The molecule has 5 nitrogen and oxygen atoms in total. The normalized spacial score (nSPS) is 29.5. The number of hydrogen-bond acceptors (Lipinski definition) is 5. The summed E-state index contributed by atoms with van der Waals surface area (Å²) in [5.41, 5.74) is 0.365. The molecule has 0 saturated heterocycles. The zero-order valence-electron chi connectivity index (χ0n) is 12.7. The number of aliphatic hydroxyl groups is 1. The van der Waals surface area contributed by atoms with Gasteiger partial charge in [-0.3, -0.25) is 4.79 Å². The number of ketones is 1. The first-order chi connectivity index (χ1) is 10.4. The molecule has 0 aromatic heterocycles. The Bertz CT molecular complexity index is 647. The highest BCUT2D eigenvalue weighted by molar-refractivity contribution is 5.81. The number of nitrogens with zero attached hydrogens (tertiary/aromatic N) is 1. The molecule has 0 radical (unpaired) electrons. The first-order valence-electron chi connectivity index (χ1n) is 7.49.